The van der Waals surface area contributed by atoms with Crippen molar-refractivity contribution in [2.75, 3.05) is 5.88 Å². The zero-order chi connectivity index (χ0) is 10.6. The molecule has 14 heavy (non-hydrogen) atoms. The number of hydrogen-bond donors (Lipinski definition) is 1. The number of hydrogen-bond acceptors (Lipinski definition) is 2. The Hall–Kier alpha value is -0.740. The Morgan fingerprint density at radius 3 is 2.71 bits per heavy atom. The van der Waals surface area contributed by atoms with Gasteiger partial charge in [0.05, 0.1) is 0 Å². The van der Waals surface area contributed by atoms with Crippen molar-refractivity contribution in [2.24, 2.45) is 0 Å². The highest BCUT2D eigenvalue weighted by Gasteiger charge is 2.01. The SMILES string of the molecule is O=c1[nH]c(=O)n(CCCCCl)cc1Cl. The molecule has 0 spiro atoms. The minimum atomic E-state index is -0.551. The molecule has 0 saturated carbocycles. The quantitative estimate of drug-likeness (QED) is 0.632. The minimum Gasteiger partial charge on any atom is -0.299 e. The van der Waals surface area contributed by atoms with E-state index in [-0.39, 0.29) is 5.02 Å². The molecule has 0 atom stereocenters. The summed E-state index contributed by atoms with van der Waals surface area (Å²) in [6, 6.07) is 0. The second-order valence-corrected chi connectivity index (χ2v) is 3.61. The highest BCUT2D eigenvalue weighted by Crippen LogP contribution is 1.98. The fourth-order valence-electron chi connectivity index (χ4n) is 1.03. The number of alkyl halides is 1. The molecule has 4 nitrogen and oxygen atoms in total. The molecule has 0 saturated heterocycles. The fourth-order valence-corrected chi connectivity index (χ4v) is 1.38. The monoisotopic (exact) mass is 236 g/mol. The summed E-state index contributed by atoms with van der Waals surface area (Å²) in [5.74, 6) is 0.561. The van der Waals surface area contributed by atoms with Crippen LogP contribution < -0.4 is 11.2 Å². The number of rotatable bonds is 4. The van der Waals surface area contributed by atoms with Crippen molar-refractivity contribution in [3.8, 4) is 0 Å². The molecule has 1 N–H and O–H groups in total. The standard InChI is InChI=1S/C8H10Cl2N2O2/c9-3-1-2-4-12-5-6(10)7(13)11-8(12)14/h5H,1-4H2,(H,11,13,14). The molecule has 1 heterocycles. The number of nitrogens with one attached hydrogen (secondary N) is 1. The van der Waals surface area contributed by atoms with Gasteiger partial charge in [-0.05, 0) is 12.8 Å². The van der Waals surface area contributed by atoms with Gasteiger partial charge in [-0.2, -0.15) is 0 Å². The molecular weight excluding hydrogens is 227 g/mol. The van der Waals surface area contributed by atoms with Gasteiger partial charge in [-0.3, -0.25) is 14.3 Å². The smallest absolute Gasteiger partial charge is 0.299 e. The van der Waals surface area contributed by atoms with E-state index in [4.69, 9.17) is 23.2 Å². The number of aromatic amines is 1. The number of halogens is 2. The summed E-state index contributed by atoms with van der Waals surface area (Å²) in [5, 5.41) is 0.0236. The van der Waals surface area contributed by atoms with Crippen molar-refractivity contribution in [3.05, 3.63) is 32.1 Å². The van der Waals surface area contributed by atoms with E-state index in [2.05, 4.69) is 4.98 Å². The molecule has 0 aromatic carbocycles. The Morgan fingerprint density at radius 1 is 1.36 bits per heavy atom. The lowest BCUT2D eigenvalue weighted by Gasteiger charge is -2.03. The molecule has 0 aliphatic carbocycles. The second kappa shape index (κ2) is 5.22. The van der Waals surface area contributed by atoms with Gasteiger partial charge in [-0.1, -0.05) is 11.6 Å². The maximum absolute atomic E-state index is 11.2. The molecule has 0 radical (unpaired) electrons. The second-order valence-electron chi connectivity index (χ2n) is 2.83. The van der Waals surface area contributed by atoms with Crippen LogP contribution in [-0.4, -0.2) is 15.4 Å². The summed E-state index contributed by atoms with van der Waals surface area (Å²) >= 11 is 11.1. The van der Waals surface area contributed by atoms with E-state index in [9.17, 15) is 9.59 Å². The van der Waals surface area contributed by atoms with Gasteiger partial charge in [0.25, 0.3) is 5.56 Å². The molecule has 1 rings (SSSR count). The largest absolute Gasteiger partial charge is 0.328 e. The van der Waals surface area contributed by atoms with Crippen molar-refractivity contribution in [1.29, 1.82) is 0 Å². The molecule has 1 aromatic heterocycles. The summed E-state index contributed by atoms with van der Waals surface area (Å²) in [7, 11) is 0. The number of nitrogens with zero attached hydrogens (tertiary/aromatic N) is 1. The molecule has 0 fully saturated rings. The van der Waals surface area contributed by atoms with E-state index >= 15 is 0 Å². The van der Waals surface area contributed by atoms with Crippen molar-refractivity contribution in [1.82, 2.24) is 9.55 Å². The van der Waals surface area contributed by atoms with E-state index in [0.29, 0.717) is 12.4 Å². The van der Waals surface area contributed by atoms with Crippen molar-refractivity contribution >= 4 is 23.2 Å². The summed E-state index contributed by atoms with van der Waals surface area (Å²) < 4.78 is 1.37. The van der Waals surface area contributed by atoms with Crippen molar-refractivity contribution < 1.29 is 0 Å². The number of aromatic nitrogens is 2. The third-order valence-electron chi connectivity index (χ3n) is 1.75. The first-order valence-corrected chi connectivity index (χ1v) is 5.11. The topological polar surface area (TPSA) is 54.9 Å². The molecule has 0 amide bonds. The first-order chi connectivity index (χ1) is 6.65. The van der Waals surface area contributed by atoms with Crippen LogP contribution in [0.3, 0.4) is 0 Å². The normalized spacial score (nSPS) is 10.4. The first kappa shape index (κ1) is 11.3. The minimum absolute atomic E-state index is 0.0236. The molecule has 1 aromatic rings. The van der Waals surface area contributed by atoms with Gasteiger partial charge < -0.3 is 0 Å². The zero-order valence-corrected chi connectivity index (χ0v) is 8.94. The van der Waals surface area contributed by atoms with Crippen molar-refractivity contribution in [2.45, 2.75) is 19.4 Å². The van der Waals surface area contributed by atoms with Crippen LogP contribution in [0.5, 0.6) is 0 Å². The van der Waals surface area contributed by atoms with Crippen LogP contribution in [0.4, 0.5) is 0 Å². The van der Waals surface area contributed by atoms with Crippen LogP contribution in [0.1, 0.15) is 12.8 Å². The Bertz CT molecular complexity index is 411. The highest BCUT2D eigenvalue weighted by molar-refractivity contribution is 6.30. The lowest BCUT2D eigenvalue weighted by Crippen LogP contribution is -2.29. The third kappa shape index (κ3) is 2.89. The number of unbranched alkanes of at least 4 members (excludes halogenated alkanes) is 1. The Kier molecular flexibility index (Phi) is 4.22. The number of H-pyrrole nitrogens is 1. The van der Waals surface area contributed by atoms with Gasteiger partial charge in [0.2, 0.25) is 0 Å². The van der Waals surface area contributed by atoms with Crippen LogP contribution >= 0.6 is 23.2 Å². The fraction of sp³-hybridized carbons (Fsp3) is 0.500. The average Bonchev–Trinajstić information content (AvgIpc) is 2.14. The predicted octanol–water partition coefficient (Wildman–Crippen LogP) is 1.21. The predicted molar refractivity (Wildman–Crippen MR) is 56.3 cm³/mol. The van der Waals surface area contributed by atoms with E-state index in [0.717, 1.165) is 12.8 Å². The summed E-state index contributed by atoms with van der Waals surface area (Å²) in [6.07, 6.45) is 2.95. The van der Waals surface area contributed by atoms with Gasteiger partial charge in [-0.15, -0.1) is 11.6 Å². The Balaban J connectivity index is 2.82. The van der Waals surface area contributed by atoms with Gasteiger partial charge >= 0.3 is 5.69 Å². The van der Waals surface area contributed by atoms with Crippen LogP contribution in [0.25, 0.3) is 0 Å². The van der Waals surface area contributed by atoms with Gasteiger partial charge in [0, 0.05) is 18.6 Å². The Morgan fingerprint density at radius 2 is 2.07 bits per heavy atom. The first-order valence-electron chi connectivity index (χ1n) is 4.20. The van der Waals surface area contributed by atoms with Crippen LogP contribution in [0.2, 0.25) is 5.02 Å². The van der Waals surface area contributed by atoms with Crippen LogP contribution in [-0.2, 0) is 6.54 Å². The van der Waals surface area contributed by atoms with Crippen LogP contribution in [0, 0.1) is 0 Å². The van der Waals surface area contributed by atoms with E-state index in [1.165, 1.54) is 10.8 Å². The molecular formula is C8H10Cl2N2O2. The summed E-state index contributed by atoms with van der Waals surface area (Å²) in [4.78, 5) is 24.2. The molecule has 0 unspecified atom stereocenters. The Labute approximate surface area is 90.5 Å². The summed E-state index contributed by atoms with van der Waals surface area (Å²) in [5.41, 5.74) is -0.987. The maximum atomic E-state index is 11.2. The molecule has 78 valence electrons. The van der Waals surface area contributed by atoms with E-state index < -0.39 is 11.2 Å². The van der Waals surface area contributed by atoms with Gasteiger partial charge in [0.1, 0.15) is 5.02 Å². The maximum Gasteiger partial charge on any atom is 0.328 e. The zero-order valence-electron chi connectivity index (χ0n) is 7.43. The van der Waals surface area contributed by atoms with E-state index in [1.54, 1.807) is 0 Å². The third-order valence-corrected chi connectivity index (χ3v) is 2.29. The lowest BCUT2D eigenvalue weighted by atomic mass is 10.3. The molecule has 0 aliphatic heterocycles. The van der Waals surface area contributed by atoms with Gasteiger partial charge in [-0.25, -0.2) is 4.79 Å². The molecule has 0 aliphatic rings. The average molecular weight is 237 g/mol. The highest BCUT2D eigenvalue weighted by atomic mass is 35.5. The van der Waals surface area contributed by atoms with Gasteiger partial charge in [0.15, 0.2) is 0 Å². The lowest BCUT2D eigenvalue weighted by molar-refractivity contribution is 0.598. The molecule has 6 heteroatoms. The van der Waals surface area contributed by atoms with Crippen LogP contribution in [0.15, 0.2) is 15.8 Å². The van der Waals surface area contributed by atoms with E-state index in [1.807, 2.05) is 0 Å². The summed E-state index contributed by atoms with van der Waals surface area (Å²) in [6.45, 7) is 0.516. The number of aryl methyl sites for hydroxylation is 1. The molecule has 0 bridgehead atoms. The van der Waals surface area contributed by atoms with Crippen molar-refractivity contribution in [3.63, 3.8) is 0 Å².